The summed E-state index contributed by atoms with van der Waals surface area (Å²) in [4.78, 5) is 0. The molecular weight excluding hydrogens is 237 g/mol. The van der Waals surface area contributed by atoms with Crippen molar-refractivity contribution in [1.82, 2.24) is 0 Å². The van der Waals surface area contributed by atoms with Gasteiger partial charge in [-0.1, -0.05) is 37.6 Å². The van der Waals surface area contributed by atoms with Crippen LogP contribution in [0.2, 0.25) is 5.02 Å². The van der Waals surface area contributed by atoms with E-state index in [1.54, 1.807) is 18.2 Å². The molecule has 0 heterocycles. The fraction of sp³-hybridized carbons (Fsp3) is 0.571. The molecule has 1 unspecified atom stereocenters. The second-order valence-electron chi connectivity index (χ2n) is 6.09. The number of nitrogens with two attached hydrogens (primary N) is 1. The quantitative estimate of drug-likeness (QED) is 0.851. The Balaban J connectivity index is 2.19. The molecule has 2 N–H and O–H groups in total. The maximum absolute atomic E-state index is 13.8. The van der Waals surface area contributed by atoms with Gasteiger partial charge in [-0.25, -0.2) is 4.39 Å². The minimum Gasteiger partial charge on any atom is -0.325 e. The Bertz CT molecular complexity index is 430. The van der Waals surface area contributed by atoms with Gasteiger partial charge >= 0.3 is 0 Å². The van der Waals surface area contributed by atoms with E-state index in [1.807, 2.05) is 0 Å². The van der Waals surface area contributed by atoms with Gasteiger partial charge in [0.05, 0.1) is 5.02 Å². The molecule has 1 aliphatic carbocycles. The number of hydrogen-bond acceptors (Lipinski definition) is 1. The average molecular weight is 256 g/mol. The molecule has 2 rings (SSSR count). The Morgan fingerprint density at radius 3 is 2.65 bits per heavy atom. The first-order valence-corrected chi connectivity index (χ1v) is 6.41. The third kappa shape index (κ3) is 2.80. The maximum Gasteiger partial charge on any atom is 0.145 e. The Kier molecular flexibility index (Phi) is 3.21. The molecule has 1 aromatic rings. The topological polar surface area (TPSA) is 26.0 Å². The van der Waals surface area contributed by atoms with Crippen LogP contribution in [0.5, 0.6) is 0 Å². The molecule has 1 saturated carbocycles. The van der Waals surface area contributed by atoms with Crippen LogP contribution in [0.15, 0.2) is 18.2 Å². The summed E-state index contributed by atoms with van der Waals surface area (Å²) in [5, 5.41) is 0.184. The molecule has 0 radical (unpaired) electrons. The molecule has 1 aliphatic rings. The van der Waals surface area contributed by atoms with Crippen molar-refractivity contribution in [3.63, 3.8) is 0 Å². The molecule has 0 aromatic heterocycles. The molecule has 17 heavy (non-hydrogen) atoms. The normalized spacial score (nSPS) is 27.4. The fourth-order valence-corrected chi connectivity index (χ4v) is 3.13. The Morgan fingerprint density at radius 2 is 2.06 bits per heavy atom. The summed E-state index contributed by atoms with van der Waals surface area (Å²) in [5.41, 5.74) is 7.00. The largest absolute Gasteiger partial charge is 0.325 e. The molecule has 1 nitrogen and oxygen atoms in total. The molecule has 1 fully saturated rings. The summed E-state index contributed by atoms with van der Waals surface area (Å²) < 4.78 is 13.8. The van der Waals surface area contributed by atoms with Crippen molar-refractivity contribution in [2.45, 2.75) is 45.1 Å². The van der Waals surface area contributed by atoms with Gasteiger partial charge in [0, 0.05) is 5.54 Å². The highest BCUT2D eigenvalue weighted by molar-refractivity contribution is 6.30. The summed E-state index contributed by atoms with van der Waals surface area (Å²) >= 11 is 5.78. The van der Waals surface area contributed by atoms with E-state index in [0.717, 1.165) is 19.3 Å². The van der Waals surface area contributed by atoms with E-state index in [0.29, 0.717) is 12.0 Å². The van der Waals surface area contributed by atoms with E-state index in [-0.39, 0.29) is 21.8 Å². The average Bonchev–Trinajstić information content (AvgIpc) is 2.49. The molecule has 0 aliphatic heterocycles. The van der Waals surface area contributed by atoms with Crippen LogP contribution >= 0.6 is 11.6 Å². The minimum atomic E-state index is -0.316. The maximum atomic E-state index is 13.8. The van der Waals surface area contributed by atoms with Crippen molar-refractivity contribution < 1.29 is 4.39 Å². The molecule has 94 valence electrons. The van der Waals surface area contributed by atoms with E-state index in [1.165, 1.54) is 0 Å². The van der Waals surface area contributed by atoms with Crippen molar-refractivity contribution in [2.24, 2.45) is 11.1 Å². The smallest absolute Gasteiger partial charge is 0.145 e. The zero-order chi connectivity index (χ0) is 12.7. The predicted octanol–water partition coefficient (Wildman–Crippen LogP) is 3.93. The highest BCUT2D eigenvalue weighted by atomic mass is 35.5. The van der Waals surface area contributed by atoms with Gasteiger partial charge in [0.15, 0.2) is 0 Å². The first-order valence-electron chi connectivity index (χ1n) is 6.03. The molecule has 3 heteroatoms. The third-order valence-corrected chi connectivity index (χ3v) is 4.00. The van der Waals surface area contributed by atoms with Crippen LogP contribution in [0.1, 0.15) is 38.7 Å². The summed E-state index contributed by atoms with van der Waals surface area (Å²) in [6.45, 7) is 4.44. The van der Waals surface area contributed by atoms with Crippen LogP contribution in [-0.2, 0) is 6.42 Å². The zero-order valence-electron chi connectivity index (χ0n) is 10.4. The standard InChI is InChI=1S/C14H19ClFN/c1-13(2)6-7-14(17,9-13)8-10-4-3-5-11(15)12(10)16/h3-5H,6-9,17H2,1-2H3. The fourth-order valence-electron chi connectivity index (χ4n) is 2.93. The van der Waals surface area contributed by atoms with Crippen LogP contribution < -0.4 is 5.73 Å². The van der Waals surface area contributed by atoms with Gasteiger partial charge in [0.25, 0.3) is 0 Å². The van der Waals surface area contributed by atoms with Crippen LogP contribution in [0.25, 0.3) is 0 Å². The van der Waals surface area contributed by atoms with E-state index < -0.39 is 0 Å². The van der Waals surface area contributed by atoms with Gasteiger partial charge in [-0.05, 0) is 42.7 Å². The van der Waals surface area contributed by atoms with Gasteiger partial charge in [-0.3, -0.25) is 0 Å². The van der Waals surface area contributed by atoms with Gasteiger partial charge in [-0.15, -0.1) is 0 Å². The molecule has 1 aromatic carbocycles. The first kappa shape index (κ1) is 12.8. The number of halogens is 2. The van der Waals surface area contributed by atoms with Crippen LogP contribution in [0.3, 0.4) is 0 Å². The Morgan fingerprint density at radius 1 is 1.35 bits per heavy atom. The highest BCUT2D eigenvalue weighted by Crippen LogP contribution is 2.43. The van der Waals surface area contributed by atoms with Crippen LogP contribution in [0, 0.1) is 11.2 Å². The Hall–Kier alpha value is -0.600. The summed E-state index contributed by atoms with van der Waals surface area (Å²) in [5.74, 6) is -0.316. The van der Waals surface area contributed by atoms with Gasteiger partial charge in [0.1, 0.15) is 5.82 Å². The molecule has 0 bridgehead atoms. The second-order valence-corrected chi connectivity index (χ2v) is 6.50. The first-order chi connectivity index (χ1) is 7.81. The lowest BCUT2D eigenvalue weighted by Crippen LogP contribution is -2.40. The number of rotatable bonds is 2. The van der Waals surface area contributed by atoms with Crippen molar-refractivity contribution >= 4 is 11.6 Å². The van der Waals surface area contributed by atoms with Crippen molar-refractivity contribution in [3.05, 3.63) is 34.6 Å². The second kappa shape index (κ2) is 4.25. The molecule has 0 saturated heterocycles. The highest BCUT2D eigenvalue weighted by Gasteiger charge is 2.40. The van der Waals surface area contributed by atoms with Gasteiger partial charge in [0.2, 0.25) is 0 Å². The summed E-state index contributed by atoms with van der Waals surface area (Å²) in [7, 11) is 0. The predicted molar refractivity (Wildman–Crippen MR) is 69.7 cm³/mol. The van der Waals surface area contributed by atoms with Crippen molar-refractivity contribution in [1.29, 1.82) is 0 Å². The molecular formula is C14H19ClFN. The number of hydrogen-bond donors (Lipinski definition) is 1. The lowest BCUT2D eigenvalue weighted by atomic mass is 9.85. The molecule has 0 spiro atoms. The minimum absolute atomic E-state index is 0.184. The summed E-state index contributed by atoms with van der Waals surface area (Å²) in [6.07, 6.45) is 3.56. The lowest BCUT2D eigenvalue weighted by Gasteiger charge is -2.26. The van der Waals surface area contributed by atoms with E-state index in [2.05, 4.69) is 13.8 Å². The van der Waals surface area contributed by atoms with Crippen LogP contribution in [0.4, 0.5) is 4.39 Å². The Labute approximate surface area is 107 Å². The molecule has 0 amide bonds. The number of benzene rings is 1. The van der Waals surface area contributed by atoms with E-state index >= 15 is 0 Å². The van der Waals surface area contributed by atoms with Gasteiger partial charge < -0.3 is 5.73 Å². The SMILES string of the molecule is CC1(C)CCC(N)(Cc2cccc(Cl)c2F)C1. The monoisotopic (exact) mass is 255 g/mol. The van der Waals surface area contributed by atoms with Crippen molar-refractivity contribution in [2.75, 3.05) is 0 Å². The lowest BCUT2D eigenvalue weighted by molar-refractivity contribution is 0.332. The summed E-state index contributed by atoms with van der Waals surface area (Å²) in [6, 6.07) is 5.13. The molecule has 1 atom stereocenters. The zero-order valence-corrected chi connectivity index (χ0v) is 11.1. The van der Waals surface area contributed by atoms with Crippen molar-refractivity contribution in [3.8, 4) is 0 Å². The van der Waals surface area contributed by atoms with Gasteiger partial charge in [-0.2, -0.15) is 0 Å². The van der Waals surface area contributed by atoms with Crippen LogP contribution in [-0.4, -0.2) is 5.54 Å². The van der Waals surface area contributed by atoms with E-state index in [9.17, 15) is 4.39 Å². The third-order valence-electron chi connectivity index (χ3n) is 3.70. The van der Waals surface area contributed by atoms with E-state index in [4.69, 9.17) is 17.3 Å².